The highest BCUT2D eigenvalue weighted by atomic mass is 16.3. The molecule has 0 spiro atoms. The molecule has 0 aliphatic heterocycles. The van der Waals surface area contributed by atoms with Gasteiger partial charge in [0.2, 0.25) is 0 Å². The quantitative estimate of drug-likeness (QED) is 0.369. The summed E-state index contributed by atoms with van der Waals surface area (Å²) in [6, 6.07) is 18.6. The minimum Gasteiger partial charge on any atom is -0.393 e. The molecule has 2 unspecified atom stereocenters. The summed E-state index contributed by atoms with van der Waals surface area (Å²) in [7, 11) is 0. The lowest BCUT2D eigenvalue weighted by Gasteiger charge is -2.09. The summed E-state index contributed by atoms with van der Waals surface area (Å²) in [5, 5.41) is 20.3. The van der Waals surface area contributed by atoms with Crippen molar-refractivity contribution in [2.75, 3.05) is 0 Å². The van der Waals surface area contributed by atoms with Crippen LogP contribution in [0.1, 0.15) is 81.1 Å². The Morgan fingerprint density at radius 1 is 0.821 bits per heavy atom. The number of benzene rings is 2. The van der Waals surface area contributed by atoms with Crippen molar-refractivity contribution in [2.24, 2.45) is 0 Å². The zero-order valence-electron chi connectivity index (χ0n) is 17.3. The SMILES string of the molecule is CCCCCCCCC([O])CC(C)O.O=C(c1ccccc1)c1ccccc1. The molecule has 0 saturated carbocycles. The van der Waals surface area contributed by atoms with E-state index in [1.54, 1.807) is 6.92 Å². The topological polar surface area (TPSA) is 57.2 Å². The molecule has 3 heteroatoms. The van der Waals surface area contributed by atoms with Gasteiger partial charge in [0.25, 0.3) is 0 Å². The van der Waals surface area contributed by atoms with E-state index >= 15 is 0 Å². The lowest BCUT2D eigenvalue weighted by atomic mass is 10.0. The third-order valence-electron chi connectivity index (χ3n) is 4.56. The summed E-state index contributed by atoms with van der Waals surface area (Å²) in [6.45, 7) is 3.89. The van der Waals surface area contributed by atoms with E-state index in [4.69, 9.17) is 5.11 Å². The van der Waals surface area contributed by atoms with E-state index in [1.165, 1.54) is 32.1 Å². The second-order valence-electron chi connectivity index (χ2n) is 7.32. The van der Waals surface area contributed by atoms with Crippen LogP contribution < -0.4 is 0 Å². The zero-order valence-corrected chi connectivity index (χ0v) is 17.3. The molecular formula is C25H35O3. The van der Waals surface area contributed by atoms with E-state index in [0.717, 1.165) is 24.0 Å². The second kappa shape index (κ2) is 15.0. The molecule has 2 aromatic rings. The molecule has 0 heterocycles. The molecule has 0 aliphatic rings. The molecule has 3 nitrogen and oxygen atoms in total. The second-order valence-corrected chi connectivity index (χ2v) is 7.32. The highest BCUT2D eigenvalue weighted by molar-refractivity contribution is 6.08. The van der Waals surface area contributed by atoms with Gasteiger partial charge < -0.3 is 5.11 Å². The predicted molar refractivity (Wildman–Crippen MR) is 115 cm³/mol. The average molecular weight is 384 g/mol. The van der Waals surface area contributed by atoms with Gasteiger partial charge in [0.05, 0.1) is 12.2 Å². The number of rotatable bonds is 11. The Morgan fingerprint density at radius 3 is 1.75 bits per heavy atom. The third-order valence-corrected chi connectivity index (χ3v) is 4.56. The van der Waals surface area contributed by atoms with Crippen molar-refractivity contribution in [1.29, 1.82) is 0 Å². The summed E-state index contributed by atoms with van der Waals surface area (Å²) in [6.07, 6.45) is 7.51. The molecule has 0 fully saturated rings. The van der Waals surface area contributed by atoms with Crippen LogP contribution in [-0.2, 0) is 5.11 Å². The van der Waals surface area contributed by atoms with Crippen LogP contribution in [0.15, 0.2) is 60.7 Å². The van der Waals surface area contributed by atoms with Crippen LogP contribution in [0.25, 0.3) is 0 Å². The predicted octanol–water partition coefficient (Wildman–Crippen LogP) is 6.22. The minimum atomic E-state index is -0.554. The largest absolute Gasteiger partial charge is 0.393 e. The van der Waals surface area contributed by atoms with Crippen molar-refractivity contribution in [2.45, 2.75) is 77.4 Å². The van der Waals surface area contributed by atoms with Crippen molar-refractivity contribution in [1.82, 2.24) is 0 Å². The van der Waals surface area contributed by atoms with Gasteiger partial charge in [0, 0.05) is 17.5 Å². The highest BCUT2D eigenvalue weighted by Gasteiger charge is 2.09. The average Bonchev–Trinajstić information content (AvgIpc) is 2.71. The summed E-state index contributed by atoms with van der Waals surface area (Å²) < 4.78 is 0. The van der Waals surface area contributed by atoms with Crippen molar-refractivity contribution in [3.63, 3.8) is 0 Å². The fourth-order valence-electron chi connectivity index (χ4n) is 3.00. The first kappa shape index (κ1) is 24.1. The molecule has 2 aromatic carbocycles. The van der Waals surface area contributed by atoms with Crippen molar-refractivity contribution < 1.29 is 15.0 Å². The maximum atomic E-state index is 11.8. The molecule has 28 heavy (non-hydrogen) atoms. The van der Waals surface area contributed by atoms with Gasteiger partial charge in [-0.2, -0.15) is 0 Å². The monoisotopic (exact) mass is 383 g/mol. The Bertz CT molecular complexity index is 581. The number of hydrogen-bond donors (Lipinski definition) is 1. The van der Waals surface area contributed by atoms with Gasteiger partial charge >= 0.3 is 0 Å². The Labute approximate surface area is 170 Å². The van der Waals surface area contributed by atoms with E-state index in [1.807, 2.05) is 60.7 Å². The van der Waals surface area contributed by atoms with Crippen LogP contribution in [0.5, 0.6) is 0 Å². The Balaban J connectivity index is 0.000000280. The fraction of sp³-hybridized carbons (Fsp3) is 0.480. The number of hydrogen-bond acceptors (Lipinski definition) is 2. The van der Waals surface area contributed by atoms with E-state index in [-0.39, 0.29) is 5.78 Å². The summed E-state index contributed by atoms with van der Waals surface area (Å²) in [5.74, 6) is 0.0752. The normalized spacial score (nSPS) is 12.6. The fourth-order valence-corrected chi connectivity index (χ4v) is 3.00. The minimum absolute atomic E-state index is 0.0752. The maximum absolute atomic E-state index is 11.8. The molecule has 0 bridgehead atoms. The Hall–Kier alpha value is -1.97. The van der Waals surface area contributed by atoms with Crippen LogP contribution in [0.3, 0.4) is 0 Å². The molecule has 2 atom stereocenters. The third kappa shape index (κ3) is 11.0. The van der Waals surface area contributed by atoms with Crippen LogP contribution >= 0.6 is 0 Å². The van der Waals surface area contributed by atoms with Gasteiger partial charge in [-0.1, -0.05) is 106 Å². The van der Waals surface area contributed by atoms with Gasteiger partial charge in [-0.25, -0.2) is 5.11 Å². The van der Waals surface area contributed by atoms with Crippen molar-refractivity contribution in [3.05, 3.63) is 71.8 Å². The molecule has 0 amide bonds. The molecule has 0 aliphatic carbocycles. The number of aliphatic hydroxyl groups excluding tert-OH is 1. The van der Waals surface area contributed by atoms with Gasteiger partial charge in [-0.05, 0) is 13.3 Å². The number of carbonyl (C=O) groups is 1. The smallest absolute Gasteiger partial charge is 0.193 e. The van der Waals surface area contributed by atoms with E-state index in [2.05, 4.69) is 6.92 Å². The summed E-state index contributed by atoms with van der Waals surface area (Å²) in [5.41, 5.74) is 1.47. The first-order valence-corrected chi connectivity index (χ1v) is 10.5. The van der Waals surface area contributed by atoms with Crippen molar-refractivity contribution >= 4 is 5.78 Å². The Morgan fingerprint density at radius 2 is 1.29 bits per heavy atom. The zero-order chi connectivity index (χ0) is 20.6. The van der Waals surface area contributed by atoms with Crippen LogP contribution in [0.4, 0.5) is 0 Å². The van der Waals surface area contributed by atoms with Gasteiger partial charge in [-0.15, -0.1) is 0 Å². The summed E-state index contributed by atoms with van der Waals surface area (Å²) in [4.78, 5) is 11.8. The van der Waals surface area contributed by atoms with Crippen LogP contribution in [0, 0.1) is 0 Å². The number of aliphatic hydroxyl groups is 1. The standard InChI is InChI=1S/C13H10O.C12H25O2/c14-13(11-7-3-1-4-8-11)12-9-5-2-6-10-12;1-3-4-5-6-7-8-9-12(14)10-11(2)13/h1-10H;11-13H,3-10H2,1-2H3. The van der Waals surface area contributed by atoms with Gasteiger partial charge in [0.15, 0.2) is 5.78 Å². The Kier molecular flexibility index (Phi) is 12.9. The molecule has 2 rings (SSSR count). The maximum Gasteiger partial charge on any atom is 0.193 e. The number of carbonyl (C=O) groups excluding carboxylic acids is 1. The van der Waals surface area contributed by atoms with Gasteiger partial charge in [0.1, 0.15) is 0 Å². The highest BCUT2D eigenvalue weighted by Crippen LogP contribution is 2.11. The first-order valence-electron chi connectivity index (χ1n) is 10.5. The first-order chi connectivity index (χ1) is 13.5. The number of ketones is 1. The molecule has 0 saturated heterocycles. The van der Waals surface area contributed by atoms with E-state index in [9.17, 15) is 9.90 Å². The lowest BCUT2D eigenvalue weighted by molar-refractivity contribution is 0.0323. The molecular weight excluding hydrogens is 348 g/mol. The molecule has 153 valence electrons. The van der Waals surface area contributed by atoms with Crippen LogP contribution in [0.2, 0.25) is 0 Å². The molecule has 1 N–H and O–H groups in total. The molecule has 1 radical (unpaired) electrons. The van der Waals surface area contributed by atoms with E-state index < -0.39 is 12.2 Å². The number of unbranched alkanes of at least 4 members (excludes halogenated alkanes) is 5. The van der Waals surface area contributed by atoms with Crippen LogP contribution in [-0.4, -0.2) is 23.1 Å². The lowest BCUT2D eigenvalue weighted by Crippen LogP contribution is -2.13. The van der Waals surface area contributed by atoms with Gasteiger partial charge in [-0.3, -0.25) is 4.79 Å². The molecule has 0 aromatic heterocycles. The van der Waals surface area contributed by atoms with E-state index in [0.29, 0.717) is 6.42 Å². The summed E-state index contributed by atoms with van der Waals surface area (Å²) >= 11 is 0. The van der Waals surface area contributed by atoms with Crippen molar-refractivity contribution in [3.8, 4) is 0 Å².